The first-order valence-electron chi connectivity index (χ1n) is 6.91. The fraction of sp³-hybridized carbons (Fsp3) is 0.133. The molecule has 0 aliphatic heterocycles. The smallest absolute Gasteiger partial charge is 0.357 e. The zero-order valence-corrected chi connectivity index (χ0v) is 13.4. The Kier molecular flexibility index (Phi) is 4.71. The zero-order valence-electron chi connectivity index (χ0n) is 12.6. The van der Waals surface area contributed by atoms with Gasteiger partial charge in [0.1, 0.15) is 17.4 Å². The number of hydrogen-bond donors (Lipinski definition) is 0. The van der Waals surface area contributed by atoms with E-state index in [0.29, 0.717) is 16.4 Å². The van der Waals surface area contributed by atoms with Gasteiger partial charge in [-0.05, 0) is 41.1 Å². The maximum absolute atomic E-state index is 13.4. The van der Waals surface area contributed by atoms with Gasteiger partial charge in [0.15, 0.2) is 11.5 Å². The second kappa shape index (κ2) is 7.09. The summed E-state index contributed by atoms with van der Waals surface area (Å²) in [5.74, 6) is -0.638. The fourth-order valence-electron chi connectivity index (χ4n) is 1.94. The monoisotopic (exact) mass is 345 g/mol. The Balaban J connectivity index is 1.90. The number of nitrogens with zero attached hydrogens (tertiary/aromatic N) is 5. The van der Waals surface area contributed by atoms with Gasteiger partial charge in [-0.3, -0.25) is 0 Å². The van der Waals surface area contributed by atoms with Crippen LogP contribution in [0.3, 0.4) is 0 Å². The Morgan fingerprint density at radius 2 is 2.33 bits per heavy atom. The molecule has 0 aliphatic carbocycles. The fourth-order valence-corrected chi connectivity index (χ4v) is 2.47. The number of halogens is 1. The van der Waals surface area contributed by atoms with E-state index in [0.717, 1.165) is 0 Å². The minimum atomic E-state index is -0.634. The molecule has 0 radical (unpaired) electrons. The van der Waals surface area contributed by atoms with Gasteiger partial charge in [-0.25, -0.2) is 14.2 Å². The van der Waals surface area contributed by atoms with Crippen LogP contribution in [-0.4, -0.2) is 31.2 Å². The molecule has 0 amide bonds. The van der Waals surface area contributed by atoms with Gasteiger partial charge in [0, 0.05) is 11.6 Å². The number of carbonyl (C=O) groups is 1. The summed E-state index contributed by atoms with van der Waals surface area (Å²) in [6, 6.07) is 5.83. The molecule has 0 bridgehead atoms. The second-order valence-corrected chi connectivity index (χ2v) is 5.70. The van der Waals surface area contributed by atoms with Crippen LogP contribution in [-0.2, 0) is 16.1 Å². The number of hydrogen-bond acceptors (Lipinski definition) is 7. The van der Waals surface area contributed by atoms with Gasteiger partial charge in [-0.1, -0.05) is 12.1 Å². The van der Waals surface area contributed by atoms with Crippen LogP contribution in [0.25, 0.3) is 11.8 Å². The summed E-state index contributed by atoms with van der Waals surface area (Å²) >= 11 is 1.38. The molecular formula is C15H12FN5O2S. The van der Waals surface area contributed by atoms with E-state index in [9.17, 15) is 9.18 Å². The van der Waals surface area contributed by atoms with Crippen molar-refractivity contribution in [3.8, 4) is 0 Å². The second-order valence-electron chi connectivity index (χ2n) is 4.72. The predicted molar refractivity (Wildman–Crippen MR) is 85.0 cm³/mol. The van der Waals surface area contributed by atoms with Crippen LogP contribution < -0.4 is 0 Å². The number of carbonyl (C=O) groups excluding carboxylic acids is 1. The number of thiazole rings is 1. The summed E-state index contributed by atoms with van der Waals surface area (Å²) in [6.45, 7) is 1.69. The highest BCUT2D eigenvalue weighted by Gasteiger charge is 2.18. The molecule has 2 heterocycles. The maximum Gasteiger partial charge on any atom is 0.357 e. The molecule has 0 spiro atoms. The van der Waals surface area contributed by atoms with Crippen LogP contribution in [0, 0.1) is 12.7 Å². The van der Waals surface area contributed by atoms with Crippen LogP contribution in [0.1, 0.15) is 16.4 Å². The van der Waals surface area contributed by atoms with Crippen molar-refractivity contribution in [1.82, 2.24) is 25.2 Å². The molecule has 3 aromatic rings. The molecule has 0 fully saturated rings. The topological polar surface area (TPSA) is 82.8 Å². The molecule has 9 heteroatoms. The number of esters is 1. The van der Waals surface area contributed by atoms with E-state index < -0.39 is 11.8 Å². The molecule has 122 valence electrons. The predicted octanol–water partition coefficient (Wildman–Crippen LogP) is 2.32. The van der Waals surface area contributed by atoms with Gasteiger partial charge in [0.2, 0.25) is 0 Å². The Bertz CT molecular complexity index is 876. The number of rotatable bonds is 5. The Morgan fingerprint density at radius 3 is 3.00 bits per heavy atom. The molecule has 7 nitrogen and oxygen atoms in total. The summed E-state index contributed by atoms with van der Waals surface area (Å²) < 4.78 is 19.9. The van der Waals surface area contributed by atoms with Gasteiger partial charge < -0.3 is 4.74 Å². The summed E-state index contributed by atoms with van der Waals surface area (Å²) in [6.07, 6.45) is 3.10. The SMILES string of the molecule is Cc1nnnn1/C(=C\c1cccc(F)c1)C(=O)OCc1nccs1. The minimum Gasteiger partial charge on any atom is -0.454 e. The van der Waals surface area contributed by atoms with Crippen molar-refractivity contribution in [3.05, 3.63) is 58.1 Å². The lowest BCUT2D eigenvalue weighted by molar-refractivity contribution is -0.138. The average molecular weight is 345 g/mol. The first-order chi connectivity index (χ1) is 11.6. The van der Waals surface area contributed by atoms with Crippen LogP contribution >= 0.6 is 11.3 Å². The van der Waals surface area contributed by atoms with E-state index >= 15 is 0 Å². The van der Waals surface area contributed by atoms with E-state index in [1.165, 1.54) is 34.2 Å². The normalized spacial score (nSPS) is 11.5. The van der Waals surface area contributed by atoms with Gasteiger partial charge >= 0.3 is 5.97 Å². The quantitative estimate of drug-likeness (QED) is 0.521. The van der Waals surface area contributed by atoms with Crippen molar-refractivity contribution in [2.45, 2.75) is 13.5 Å². The van der Waals surface area contributed by atoms with E-state index in [-0.39, 0.29) is 12.3 Å². The standard InChI is InChI=1S/C15H12FN5O2S/c1-10-18-19-20-21(10)13(8-11-3-2-4-12(16)7-11)15(22)23-9-14-17-5-6-24-14/h2-8H,9H2,1H3/b13-8-. The highest BCUT2D eigenvalue weighted by Crippen LogP contribution is 2.16. The number of tetrazole rings is 1. The Labute approximate surface area is 140 Å². The Morgan fingerprint density at radius 1 is 1.46 bits per heavy atom. The van der Waals surface area contributed by atoms with Gasteiger partial charge in [-0.2, -0.15) is 4.68 Å². The van der Waals surface area contributed by atoms with Crippen molar-refractivity contribution in [1.29, 1.82) is 0 Å². The minimum absolute atomic E-state index is 0.0398. The molecule has 0 unspecified atom stereocenters. The van der Waals surface area contributed by atoms with Crippen molar-refractivity contribution < 1.29 is 13.9 Å². The van der Waals surface area contributed by atoms with Gasteiger partial charge in [-0.15, -0.1) is 16.4 Å². The molecule has 0 aliphatic rings. The number of benzene rings is 1. The van der Waals surface area contributed by atoms with Crippen molar-refractivity contribution >= 4 is 29.1 Å². The van der Waals surface area contributed by atoms with Crippen LogP contribution in [0.5, 0.6) is 0 Å². The molecule has 0 saturated carbocycles. The van der Waals surface area contributed by atoms with Crippen LogP contribution in [0.15, 0.2) is 35.8 Å². The lowest BCUT2D eigenvalue weighted by Gasteiger charge is -2.08. The third kappa shape index (κ3) is 3.69. The Hall–Kier alpha value is -2.94. The molecule has 1 aromatic carbocycles. The first kappa shape index (κ1) is 15.9. The van der Waals surface area contributed by atoms with E-state index in [1.807, 2.05) is 0 Å². The average Bonchev–Trinajstić information content (AvgIpc) is 3.22. The third-order valence-electron chi connectivity index (χ3n) is 3.02. The molecule has 0 atom stereocenters. The molecule has 0 saturated heterocycles. The largest absolute Gasteiger partial charge is 0.454 e. The summed E-state index contributed by atoms with van der Waals surface area (Å²) in [7, 11) is 0. The van der Waals surface area contributed by atoms with Crippen LogP contribution in [0.2, 0.25) is 0 Å². The van der Waals surface area contributed by atoms with E-state index in [1.54, 1.807) is 30.6 Å². The summed E-state index contributed by atoms with van der Waals surface area (Å²) in [4.78, 5) is 16.5. The maximum atomic E-state index is 13.4. The zero-order chi connectivity index (χ0) is 16.9. The summed E-state index contributed by atoms with van der Waals surface area (Å²) in [5.41, 5.74) is 0.575. The molecule has 0 N–H and O–H groups in total. The lowest BCUT2D eigenvalue weighted by Crippen LogP contribution is -2.15. The van der Waals surface area contributed by atoms with Gasteiger partial charge in [0.25, 0.3) is 0 Å². The van der Waals surface area contributed by atoms with Gasteiger partial charge in [0.05, 0.1) is 0 Å². The van der Waals surface area contributed by atoms with Crippen molar-refractivity contribution in [2.75, 3.05) is 0 Å². The highest BCUT2D eigenvalue weighted by molar-refractivity contribution is 7.09. The lowest BCUT2D eigenvalue weighted by atomic mass is 10.2. The highest BCUT2D eigenvalue weighted by atomic mass is 32.1. The molecule has 3 rings (SSSR count). The van der Waals surface area contributed by atoms with E-state index in [4.69, 9.17) is 4.74 Å². The number of ether oxygens (including phenoxy) is 1. The van der Waals surface area contributed by atoms with Crippen LogP contribution in [0.4, 0.5) is 4.39 Å². The van der Waals surface area contributed by atoms with Crippen molar-refractivity contribution in [3.63, 3.8) is 0 Å². The molecule has 2 aromatic heterocycles. The van der Waals surface area contributed by atoms with E-state index in [2.05, 4.69) is 20.5 Å². The first-order valence-corrected chi connectivity index (χ1v) is 7.79. The molecule has 24 heavy (non-hydrogen) atoms. The van der Waals surface area contributed by atoms with Crippen molar-refractivity contribution in [2.24, 2.45) is 0 Å². The molecular weight excluding hydrogens is 333 g/mol. The third-order valence-corrected chi connectivity index (χ3v) is 3.78. The number of aryl methyl sites for hydroxylation is 1. The number of aromatic nitrogens is 5. The summed E-state index contributed by atoms with van der Waals surface area (Å²) in [5, 5.41) is 13.5.